The number of para-hydroxylation sites is 1. The predicted octanol–water partition coefficient (Wildman–Crippen LogP) is 2.16. The second-order valence-corrected chi connectivity index (χ2v) is 4.46. The Kier molecular flexibility index (Phi) is 2.96. The van der Waals surface area contributed by atoms with Crippen LogP contribution in [0, 0.1) is 0 Å². The van der Waals surface area contributed by atoms with E-state index < -0.39 is 0 Å². The minimum absolute atomic E-state index is 0.226. The van der Waals surface area contributed by atoms with Crippen molar-refractivity contribution >= 4 is 5.69 Å². The Morgan fingerprint density at radius 3 is 3.00 bits per heavy atom. The molecular weight excluding hydrogens is 186 g/mol. The van der Waals surface area contributed by atoms with E-state index in [9.17, 15) is 5.11 Å². The molecule has 0 aromatic heterocycles. The van der Waals surface area contributed by atoms with Crippen molar-refractivity contribution in [2.24, 2.45) is 0 Å². The van der Waals surface area contributed by atoms with E-state index in [2.05, 4.69) is 37.1 Å². The first-order valence-electron chi connectivity index (χ1n) is 5.68. The van der Waals surface area contributed by atoms with Gasteiger partial charge < -0.3 is 10.0 Å². The van der Waals surface area contributed by atoms with E-state index in [1.807, 2.05) is 0 Å². The minimum atomic E-state index is 0.226. The average molecular weight is 205 g/mol. The number of fused-ring (bicyclic) bond motifs is 1. The van der Waals surface area contributed by atoms with Crippen molar-refractivity contribution in [3.8, 4) is 0 Å². The van der Waals surface area contributed by atoms with Gasteiger partial charge in [0.05, 0.1) is 0 Å². The maximum atomic E-state index is 9.26. The molecule has 2 heteroatoms. The predicted molar refractivity (Wildman–Crippen MR) is 63.5 cm³/mol. The molecule has 0 saturated carbocycles. The monoisotopic (exact) mass is 205 g/mol. The van der Waals surface area contributed by atoms with E-state index >= 15 is 0 Å². The van der Waals surface area contributed by atoms with Crippen molar-refractivity contribution in [3.05, 3.63) is 29.3 Å². The molecule has 1 aliphatic rings. The van der Waals surface area contributed by atoms with Gasteiger partial charge in [-0.25, -0.2) is 0 Å². The molecule has 1 aliphatic heterocycles. The summed E-state index contributed by atoms with van der Waals surface area (Å²) in [4.78, 5) is 2.32. The third-order valence-corrected chi connectivity index (χ3v) is 3.28. The van der Waals surface area contributed by atoms with Crippen LogP contribution in [0.5, 0.6) is 0 Å². The Balaban J connectivity index is 2.46. The zero-order valence-corrected chi connectivity index (χ0v) is 9.53. The fourth-order valence-electron chi connectivity index (χ4n) is 2.39. The normalized spacial score (nSPS) is 17.4. The maximum absolute atomic E-state index is 9.26. The Morgan fingerprint density at radius 1 is 1.47 bits per heavy atom. The quantitative estimate of drug-likeness (QED) is 0.799. The van der Waals surface area contributed by atoms with Gasteiger partial charge in [-0.1, -0.05) is 25.1 Å². The lowest BCUT2D eigenvalue weighted by Crippen LogP contribution is -2.26. The third kappa shape index (κ3) is 1.86. The molecule has 1 heterocycles. The summed E-state index contributed by atoms with van der Waals surface area (Å²) in [7, 11) is 2.14. The number of benzene rings is 1. The molecule has 0 aliphatic carbocycles. The summed E-state index contributed by atoms with van der Waals surface area (Å²) in [6.07, 6.45) is 2.41. The van der Waals surface area contributed by atoms with Crippen molar-refractivity contribution in [3.63, 3.8) is 0 Å². The third-order valence-electron chi connectivity index (χ3n) is 3.28. The standard InChI is InChI=1S/C13H19NO/c1-10(9-15)12-7-3-5-11-6-4-8-14(2)13(11)12/h3,5,7,10,15H,4,6,8-9H2,1-2H3. The zero-order chi connectivity index (χ0) is 10.8. The van der Waals surface area contributed by atoms with Crippen LogP contribution in [-0.2, 0) is 6.42 Å². The van der Waals surface area contributed by atoms with E-state index in [0.717, 1.165) is 6.54 Å². The molecule has 15 heavy (non-hydrogen) atoms. The van der Waals surface area contributed by atoms with Crippen LogP contribution in [0.15, 0.2) is 18.2 Å². The van der Waals surface area contributed by atoms with Gasteiger partial charge in [-0.2, -0.15) is 0 Å². The Labute approximate surface area is 91.5 Å². The molecule has 1 N–H and O–H groups in total. The molecule has 0 amide bonds. The highest BCUT2D eigenvalue weighted by Gasteiger charge is 2.19. The molecule has 0 radical (unpaired) electrons. The molecule has 0 bridgehead atoms. The number of nitrogens with zero attached hydrogens (tertiary/aromatic N) is 1. The van der Waals surface area contributed by atoms with Crippen molar-refractivity contribution in [2.45, 2.75) is 25.7 Å². The molecule has 0 saturated heterocycles. The van der Waals surface area contributed by atoms with Crippen LogP contribution in [0.4, 0.5) is 5.69 Å². The number of aliphatic hydroxyl groups excluding tert-OH is 1. The van der Waals surface area contributed by atoms with E-state index in [-0.39, 0.29) is 12.5 Å². The van der Waals surface area contributed by atoms with Crippen LogP contribution >= 0.6 is 0 Å². The minimum Gasteiger partial charge on any atom is -0.396 e. The molecule has 1 atom stereocenters. The second kappa shape index (κ2) is 4.23. The first-order valence-corrected chi connectivity index (χ1v) is 5.68. The van der Waals surface area contributed by atoms with Crippen LogP contribution in [0.3, 0.4) is 0 Å². The lowest BCUT2D eigenvalue weighted by Gasteiger charge is -2.31. The van der Waals surface area contributed by atoms with Crippen LogP contribution in [0.1, 0.15) is 30.4 Å². The van der Waals surface area contributed by atoms with Gasteiger partial charge in [-0.3, -0.25) is 0 Å². The van der Waals surface area contributed by atoms with Crippen LogP contribution < -0.4 is 4.90 Å². The molecule has 1 aromatic rings. The van der Waals surface area contributed by atoms with Crippen LogP contribution in [-0.4, -0.2) is 25.3 Å². The first-order chi connectivity index (χ1) is 7.24. The highest BCUT2D eigenvalue weighted by molar-refractivity contribution is 5.61. The molecule has 2 nitrogen and oxygen atoms in total. The van der Waals surface area contributed by atoms with Gasteiger partial charge in [-0.15, -0.1) is 0 Å². The fourth-order valence-corrected chi connectivity index (χ4v) is 2.39. The van der Waals surface area contributed by atoms with Crippen LogP contribution in [0.25, 0.3) is 0 Å². The van der Waals surface area contributed by atoms with Crippen molar-refractivity contribution < 1.29 is 5.11 Å². The molecule has 0 spiro atoms. The summed E-state index contributed by atoms with van der Waals surface area (Å²) in [5, 5.41) is 9.26. The summed E-state index contributed by atoms with van der Waals surface area (Å²) in [6, 6.07) is 6.46. The first kappa shape index (κ1) is 10.5. The summed E-state index contributed by atoms with van der Waals surface area (Å²) < 4.78 is 0. The summed E-state index contributed by atoms with van der Waals surface area (Å²) in [5.41, 5.74) is 4.07. The molecule has 82 valence electrons. The largest absolute Gasteiger partial charge is 0.396 e. The fraction of sp³-hybridized carbons (Fsp3) is 0.538. The number of hydrogen-bond acceptors (Lipinski definition) is 2. The van der Waals surface area contributed by atoms with E-state index in [1.54, 1.807) is 0 Å². The second-order valence-electron chi connectivity index (χ2n) is 4.46. The Hall–Kier alpha value is -1.02. The van der Waals surface area contributed by atoms with E-state index in [1.165, 1.54) is 29.7 Å². The Bertz CT molecular complexity index is 348. The number of rotatable bonds is 2. The zero-order valence-electron chi connectivity index (χ0n) is 9.53. The van der Waals surface area contributed by atoms with Gasteiger partial charge >= 0.3 is 0 Å². The molecule has 1 unspecified atom stereocenters. The molecule has 2 rings (SSSR count). The summed E-state index contributed by atoms with van der Waals surface area (Å²) >= 11 is 0. The van der Waals surface area contributed by atoms with E-state index in [4.69, 9.17) is 0 Å². The summed E-state index contributed by atoms with van der Waals surface area (Å²) in [5.74, 6) is 0.237. The van der Waals surface area contributed by atoms with Gasteiger partial charge in [0.25, 0.3) is 0 Å². The van der Waals surface area contributed by atoms with Crippen LogP contribution in [0.2, 0.25) is 0 Å². The average Bonchev–Trinajstić information content (AvgIpc) is 2.28. The van der Waals surface area contributed by atoms with Gasteiger partial charge in [0, 0.05) is 31.8 Å². The van der Waals surface area contributed by atoms with Gasteiger partial charge in [0.2, 0.25) is 0 Å². The lowest BCUT2D eigenvalue weighted by atomic mass is 9.92. The Morgan fingerprint density at radius 2 is 2.27 bits per heavy atom. The number of aryl methyl sites for hydroxylation is 1. The summed E-state index contributed by atoms with van der Waals surface area (Å²) in [6.45, 7) is 3.44. The molecule has 1 aromatic carbocycles. The topological polar surface area (TPSA) is 23.5 Å². The maximum Gasteiger partial charge on any atom is 0.0497 e. The van der Waals surface area contributed by atoms with Gasteiger partial charge in [0.1, 0.15) is 0 Å². The number of aliphatic hydroxyl groups is 1. The highest BCUT2D eigenvalue weighted by Crippen LogP contribution is 2.33. The lowest BCUT2D eigenvalue weighted by molar-refractivity contribution is 0.273. The van der Waals surface area contributed by atoms with Crippen molar-refractivity contribution in [1.29, 1.82) is 0 Å². The molecule has 0 fully saturated rings. The van der Waals surface area contributed by atoms with E-state index in [0.29, 0.717) is 0 Å². The molecular formula is C13H19NO. The van der Waals surface area contributed by atoms with Crippen molar-refractivity contribution in [2.75, 3.05) is 25.1 Å². The number of anilines is 1. The highest BCUT2D eigenvalue weighted by atomic mass is 16.3. The van der Waals surface area contributed by atoms with Gasteiger partial charge in [-0.05, 0) is 24.0 Å². The SMILES string of the molecule is CC(CO)c1cccc2c1N(C)CCC2. The van der Waals surface area contributed by atoms with Gasteiger partial charge in [0.15, 0.2) is 0 Å². The number of hydrogen-bond donors (Lipinski definition) is 1. The van der Waals surface area contributed by atoms with Crippen molar-refractivity contribution in [1.82, 2.24) is 0 Å². The smallest absolute Gasteiger partial charge is 0.0497 e.